The number of halogens is 4. The van der Waals surface area contributed by atoms with Gasteiger partial charge in [-0.15, -0.1) is 12.4 Å². The largest absolute Gasteiger partial charge is 0.446 e. The van der Waals surface area contributed by atoms with Gasteiger partial charge in [0.15, 0.2) is 0 Å². The normalized spacial score (nSPS) is 18.4. The standard InChI is InChI=1S/C12H13F3N2OS.ClH/c13-12(14,15)19-10-3-1-8(2-4-10)11(18)17-9-5-6-16-7-9;/h1-4,9,16H,5-7H2,(H,17,18);1H. The zero-order valence-corrected chi connectivity index (χ0v) is 12.0. The number of hydrogen-bond donors (Lipinski definition) is 2. The number of rotatable bonds is 3. The van der Waals surface area contributed by atoms with Gasteiger partial charge in [0.2, 0.25) is 0 Å². The van der Waals surface area contributed by atoms with Crippen molar-refractivity contribution in [2.45, 2.75) is 22.9 Å². The van der Waals surface area contributed by atoms with E-state index < -0.39 is 5.51 Å². The second-order valence-corrected chi connectivity index (χ2v) is 5.37. The molecule has 0 saturated carbocycles. The molecule has 1 aliphatic rings. The second-order valence-electron chi connectivity index (χ2n) is 4.24. The van der Waals surface area contributed by atoms with E-state index >= 15 is 0 Å². The summed E-state index contributed by atoms with van der Waals surface area (Å²) in [6.45, 7) is 1.60. The Balaban J connectivity index is 0.00000200. The lowest BCUT2D eigenvalue weighted by molar-refractivity contribution is -0.0328. The zero-order valence-electron chi connectivity index (χ0n) is 10.4. The Bertz CT molecular complexity index is 447. The van der Waals surface area contributed by atoms with Crippen LogP contribution in [0.1, 0.15) is 16.8 Å². The molecule has 1 saturated heterocycles. The predicted molar refractivity (Wildman–Crippen MR) is 74.3 cm³/mol. The first-order valence-electron chi connectivity index (χ1n) is 5.81. The van der Waals surface area contributed by atoms with Crippen LogP contribution in [0.3, 0.4) is 0 Å². The third-order valence-corrected chi connectivity index (χ3v) is 3.48. The first-order valence-corrected chi connectivity index (χ1v) is 6.63. The molecule has 8 heteroatoms. The Morgan fingerprint density at radius 3 is 2.45 bits per heavy atom. The molecule has 0 spiro atoms. The first-order chi connectivity index (χ1) is 8.94. The molecular formula is C12H14ClF3N2OS. The minimum Gasteiger partial charge on any atom is -0.348 e. The zero-order chi connectivity index (χ0) is 13.9. The highest BCUT2D eigenvalue weighted by molar-refractivity contribution is 8.00. The van der Waals surface area contributed by atoms with E-state index in [1.165, 1.54) is 24.3 Å². The minimum absolute atomic E-state index is 0. The third-order valence-electron chi connectivity index (χ3n) is 2.75. The van der Waals surface area contributed by atoms with Gasteiger partial charge in [-0.1, -0.05) is 0 Å². The molecule has 1 atom stereocenters. The number of carbonyl (C=O) groups is 1. The van der Waals surface area contributed by atoms with Crippen molar-refractivity contribution in [3.05, 3.63) is 29.8 Å². The number of amides is 1. The third kappa shape index (κ3) is 5.22. The average molecular weight is 327 g/mol. The quantitative estimate of drug-likeness (QED) is 0.839. The van der Waals surface area contributed by atoms with Gasteiger partial charge in [-0.2, -0.15) is 13.2 Å². The smallest absolute Gasteiger partial charge is 0.348 e. The van der Waals surface area contributed by atoms with Gasteiger partial charge in [0.25, 0.3) is 5.91 Å². The van der Waals surface area contributed by atoms with Crippen molar-refractivity contribution < 1.29 is 18.0 Å². The van der Waals surface area contributed by atoms with Gasteiger partial charge in [0, 0.05) is 23.0 Å². The number of carbonyl (C=O) groups excluding carboxylic acids is 1. The maximum atomic E-state index is 12.1. The van der Waals surface area contributed by atoms with Crippen LogP contribution in [-0.4, -0.2) is 30.5 Å². The van der Waals surface area contributed by atoms with Crippen LogP contribution in [0.4, 0.5) is 13.2 Å². The SMILES string of the molecule is Cl.O=C(NC1CCNC1)c1ccc(SC(F)(F)F)cc1. The fraction of sp³-hybridized carbons (Fsp3) is 0.417. The summed E-state index contributed by atoms with van der Waals surface area (Å²) in [4.78, 5) is 11.9. The van der Waals surface area contributed by atoms with Crippen LogP contribution in [0.5, 0.6) is 0 Å². The molecule has 1 heterocycles. The molecule has 2 N–H and O–H groups in total. The molecule has 0 radical (unpaired) electrons. The molecule has 0 aliphatic carbocycles. The monoisotopic (exact) mass is 326 g/mol. The summed E-state index contributed by atoms with van der Waals surface area (Å²) < 4.78 is 36.4. The van der Waals surface area contributed by atoms with Gasteiger partial charge < -0.3 is 10.6 Å². The number of thioether (sulfide) groups is 1. The Labute approximate surface area is 125 Å². The van der Waals surface area contributed by atoms with Gasteiger partial charge in [0.1, 0.15) is 0 Å². The van der Waals surface area contributed by atoms with Crippen molar-refractivity contribution >= 4 is 30.1 Å². The van der Waals surface area contributed by atoms with E-state index in [9.17, 15) is 18.0 Å². The maximum Gasteiger partial charge on any atom is 0.446 e. The number of hydrogen-bond acceptors (Lipinski definition) is 3. The molecular weight excluding hydrogens is 313 g/mol. The summed E-state index contributed by atoms with van der Waals surface area (Å²) in [7, 11) is 0. The van der Waals surface area contributed by atoms with Crippen molar-refractivity contribution in [3.63, 3.8) is 0 Å². The van der Waals surface area contributed by atoms with Crippen LogP contribution >= 0.6 is 24.2 Å². The van der Waals surface area contributed by atoms with Gasteiger partial charge in [-0.05, 0) is 49.0 Å². The second kappa shape index (κ2) is 7.19. The molecule has 20 heavy (non-hydrogen) atoms. The molecule has 112 valence electrons. The highest BCUT2D eigenvalue weighted by atomic mass is 35.5. The summed E-state index contributed by atoms with van der Waals surface area (Å²) in [6, 6.07) is 5.52. The first kappa shape index (κ1) is 17.1. The van der Waals surface area contributed by atoms with E-state index in [-0.39, 0.29) is 41.0 Å². The van der Waals surface area contributed by atoms with Crippen molar-refractivity contribution in [1.29, 1.82) is 0 Å². The number of benzene rings is 1. The number of alkyl halides is 3. The van der Waals surface area contributed by atoms with E-state index in [4.69, 9.17) is 0 Å². The molecule has 1 aliphatic heterocycles. The van der Waals surface area contributed by atoms with Crippen molar-refractivity contribution in [3.8, 4) is 0 Å². The van der Waals surface area contributed by atoms with Crippen molar-refractivity contribution in [2.24, 2.45) is 0 Å². The van der Waals surface area contributed by atoms with Crippen LogP contribution in [0, 0.1) is 0 Å². The summed E-state index contributed by atoms with van der Waals surface area (Å²) in [5.74, 6) is -0.253. The van der Waals surface area contributed by atoms with Crippen LogP contribution in [0.25, 0.3) is 0 Å². The molecule has 1 unspecified atom stereocenters. The summed E-state index contributed by atoms with van der Waals surface area (Å²) >= 11 is -0.188. The lowest BCUT2D eigenvalue weighted by Crippen LogP contribution is -2.36. The van der Waals surface area contributed by atoms with Crippen LogP contribution in [-0.2, 0) is 0 Å². The van der Waals surface area contributed by atoms with Crippen molar-refractivity contribution in [2.75, 3.05) is 13.1 Å². The molecule has 1 fully saturated rings. The average Bonchev–Trinajstić information content (AvgIpc) is 2.80. The summed E-state index contributed by atoms with van der Waals surface area (Å²) in [6.07, 6.45) is 0.869. The molecule has 2 rings (SSSR count). The van der Waals surface area contributed by atoms with E-state index in [0.29, 0.717) is 5.56 Å². The van der Waals surface area contributed by atoms with Crippen LogP contribution < -0.4 is 10.6 Å². The Kier molecular flexibility index (Phi) is 6.16. The molecule has 1 aromatic rings. The maximum absolute atomic E-state index is 12.1. The van der Waals surface area contributed by atoms with Gasteiger partial charge in [-0.3, -0.25) is 4.79 Å². The predicted octanol–water partition coefficient (Wildman–Crippen LogP) is 2.81. The number of nitrogens with one attached hydrogen (secondary N) is 2. The summed E-state index contributed by atoms with van der Waals surface area (Å²) in [5.41, 5.74) is -3.93. The van der Waals surface area contributed by atoms with Crippen LogP contribution in [0.15, 0.2) is 29.2 Å². The molecule has 1 aromatic carbocycles. The lowest BCUT2D eigenvalue weighted by Gasteiger charge is -2.11. The van der Waals surface area contributed by atoms with Gasteiger partial charge in [-0.25, -0.2) is 0 Å². The molecule has 3 nitrogen and oxygen atoms in total. The van der Waals surface area contributed by atoms with E-state index in [1.807, 2.05) is 0 Å². The van der Waals surface area contributed by atoms with Crippen LogP contribution in [0.2, 0.25) is 0 Å². The highest BCUT2D eigenvalue weighted by Crippen LogP contribution is 2.36. The Morgan fingerprint density at radius 1 is 1.30 bits per heavy atom. The van der Waals surface area contributed by atoms with Gasteiger partial charge >= 0.3 is 5.51 Å². The Hall–Kier alpha value is -0.920. The summed E-state index contributed by atoms with van der Waals surface area (Å²) in [5, 5.41) is 5.95. The van der Waals surface area contributed by atoms with Crippen molar-refractivity contribution in [1.82, 2.24) is 10.6 Å². The molecule has 0 aromatic heterocycles. The Morgan fingerprint density at radius 2 is 1.95 bits per heavy atom. The molecule has 0 bridgehead atoms. The van der Waals surface area contributed by atoms with Gasteiger partial charge in [0.05, 0.1) is 0 Å². The fourth-order valence-corrected chi connectivity index (χ4v) is 2.39. The van der Waals surface area contributed by atoms with E-state index in [2.05, 4.69) is 10.6 Å². The van der Waals surface area contributed by atoms with E-state index in [0.717, 1.165) is 19.5 Å². The minimum atomic E-state index is -4.31. The topological polar surface area (TPSA) is 41.1 Å². The lowest BCUT2D eigenvalue weighted by atomic mass is 10.2. The molecule has 1 amide bonds. The highest BCUT2D eigenvalue weighted by Gasteiger charge is 2.29. The van der Waals surface area contributed by atoms with E-state index in [1.54, 1.807) is 0 Å². The fourth-order valence-electron chi connectivity index (χ4n) is 1.85.